The first-order valence-corrected chi connectivity index (χ1v) is 11.7. The van der Waals surface area contributed by atoms with Crippen molar-refractivity contribution >= 4 is 5.91 Å². The van der Waals surface area contributed by atoms with Gasteiger partial charge in [-0.2, -0.15) is 5.26 Å². The Bertz CT molecular complexity index is 1330. The Balaban J connectivity index is 1.44. The van der Waals surface area contributed by atoms with Gasteiger partial charge in [-0.15, -0.1) is 0 Å². The van der Waals surface area contributed by atoms with Crippen molar-refractivity contribution in [2.45, 2.75) is 25.4 Å². The summed E-state index contributed by atoms with van der Waals surface area (Å²) in [6, 6.07) is 21.1. The van der Waals surface area contributed by atoms with Gasteiger partial charge in [0, 0.05) is 48.9 Å². The third-order valence-corrected chi connectivity index (χ3v) is 6.95. The SMILES string of the molecule is CN(C)Cc1ccccc1-c1ccc2n(c1=O)C[C@@H]1C[C@@H]2CN(C(=O)c2ccc(C#N)cc2)C1. The van der Waals surface area contributed by atoms with E-state index in [0.29, 0.717) is 30.8 Å². The Morgan fingerprint density at radius 3 is 2.50 bits per heavy atom. The molecule has 3 aromatic rings. The molecule has 5 rings (SSSR count). The predicted molar refractivity (Wildman–Crippen MR) is 131 cm³/mol. The van der Waals surface area contributed by atoms with Crippen molar-refractivity contribution in [3.63, 3.8) is 0 Å². The predicted octanol–water partition coefficient (Wildman–Crippen LogP) is 3.71. The molecule has 0 spiro atoms. The number of likely N-dealkylation sites (tertiary alicyclic amines) is 1. The molecule has 0 aliphatic carbocycles. The van der Waals surface area contributed by atoms with E-state index in [-0.39, 0.29) is 23.3 Å². The minimum atomic E-state index is -0.00998. The number of hydrogen-bond donors (Lipinski definition) is 0. The summed E-state index contributed by atoms with van der Waals surface area (Å²) in [5.41, 5.74) is 5.10. The minimum Gasteiger partial charge on any atom is -0.338 e. The van der Waals surface area contributed by atoms with Crippen molar-refractivity contribution in [2.24, 2.45) is 5.92 Å². The highest BCUT2D eigenvalue weighted by Gasteiger charge is 2.37. The van der Waals surface area contributed by atoms with Crippen LogP contribution in [0.5, 0.6) is 0 Å². The van der Waals surface area contributed by atoms with Gasteiger partial charge < -0.3 is 14.4 Å². The molecule has 172 valence electrons. The first-order valence-electron chi connectivity index (χ1n) is 11.7. The summed E-state index contributed by atoms with van der Waals surface area (Å²) in [6.45, 7) is 2.65. The zero-order valence-electron chi connectivity index (χ0n) is 19.6. The van der Waals surface area contributed by atoms with E-state index in [0.717, 1.165) is 35.3 Å². The molecule has 2 atom stereocenters. The summed E-state index contributed by atoms with van der Waals surface area (Å²) in [5.74, 6) is 0.386. The Morgan fingerprint density at radius 2 is 1.76 bits per heavy atom. The number of amides is 1. The second-order valence-corrected chi connectivity index (χ2v) is 9.68. The lowest BCUT2D eigenvalue weighted by atomic mass is 9.82. The Labute approximate surface area is 199 Å². The number of nitrogens with zero attached hydrogens (tertiary/aromatic N) is 4. The number of benzene rings is 2. The smallest absolute Gasteiger partial charge is 0.258 e. The van der Waals surface area contributed by atoms with Gasteiger partial charge in [-0.05, 0) is 74.0 Å². The van der Waals surface area contributed by atoms with Gasteiger partial charge in [-0.3, -0.25) is 9.59 Å². The van der Waals surface area contributed by atoms with Crippen LogP contribution in [0.15, 0.2) is 65.5 Å². The summed E-state index contributed by atoms with van der Waals surface area (Å²) in [4.78, 5) is 30.8. The van der Waals surface area contributed by atoms with E-state index < -0.39 is 0 Å². The fourth-order valence-electron chi connectivity index (χ4n) is 5.45. The molecule has 6 nitrogen and oxygen atoms in total. The summed E-state index contributed by atoms with van der Waals surface area (Å²) in [6.07, 6.45) is 0.993. The van der Waals surface area contributed by atoms with Gasteiger partial charge in [0.1, 0.15) is 0 Å². The molecule has 1 saturated heterocycles. The van der Waals surface area contributed by atoms with E-state index in [1.807, 2.05) is 47.8 Å². The standard InChI is InChI=1S/C28H28N4O2/c1-30(2)17-22-5-3-4-6-24(22)25-11-12-26-23-13-20(16-32(26)28(25)34)15-31(18-23)27(33)21-9-7-19(14-29)8-10-21/h3-12,20,23H,13,15-18H2,1-2H3/t20-,23-/m1/s1. The molecule has 1 aromatic heterocycles. The molecule has 2 aliphatic heterocycles. The van der Waals surface area contributed by atoms with Crippen molar-refractivity contribution in [1.29, 1.82) is 5.26 Å². The van der Waals surface area contributed by atoms with Gasteiger partial charge in [0.25, 0.3) is 11.5 Å². The highest BCUT2D eigenvalue weighted by Crippen LogP contribution is 2.36. The van der Waals surface area contributed by atoms with Gasteiger partial charge in [-0.1, -0.05) is 24.3 Å². The van der Waals surface area contributed by atoms with Crippen LogP contribution >= 0.6 is 0 Å². The van der Waals surface area contributed by atoms with Crippen LogP contribution in [0.3, 0.4) is 0 Å². The zero-order valence-corrected chi connectivity index (χ0v) is 19.6. The van der Waals surface area contributed by atoms with Gasteiger partial charge in [0.2, 0.25) is 0 Å². The highest BCUT2D eigenvalue weighted by molar-refractivity contribution is 5.94. The van der Waals surface area contributed by atoms with E-state index in [1.54, 1.807) is 24.3 Å². The molecule has 3 heterocycles. The van der Waals surface area contributed by atoms with Crippen LogP contribution in [0.1, 0.15) is 39.5 Å². The molecule has 6 heteroatoms. The number of carbonyl (C=O) groups is 1. The first kappa shape index (κ1) is 22.1. The molecule has 1 amide bonds. The summed E-state index contributed by atoms with van der Waals surface area (Å²) in [5, 5.41) is 9.01. The van der Waals surface area contributed by atoms with Crippen molar-refractivity contribution in [3.8, 4) is 17.2 Å². The van der Waals surface area contributed by atoms with Crippen LogP contribution < -0.4 is 5.56 Å². The van der Waals surface area contributed by atoms with Crippen molar-refractivity contribution in [1.82, 2.24) is 14.4 Å². The van der Waals surface area contributed by atoms with Gasteiger partial charge in [0.05, 0.1) is 11.6 Å². The fraction of sp³-hybridized carbons (Fsp3) is 0.321. The minimum absolute atomic E-state index is 0.00998. The van der Waals surface area contributed by atoms with Crippen LogP contribution in [-0.2, 0) is 13.1 Å². The molecule has 0 radical (unpaired) electrons. The summed E-state index contributed by atoms with van der Waals surface area (Å²) >= 11 is 0. The molecule has 0 N–H and O–H groups in total. The van der Waals surface area contributed by atoms with Gasteiger partial charge in [-0.25, -0.2) is 0 Å². The number of piperidine rings is 1. The molecule has 34 heavy (non-hydrogen) atoms. The van der Waals surface area contributed by atoms with Crippen molar-refractivity contribution in [2.75, 3.05) is 27.2 Å². The largest absolute Gasteiger partial charge is 0.338 e. The number of hydrogen-bond acceptors (Lipinski definition) is 4. The van der Waals surface area contributed by atoms with E-state index in [9.17, 15) is 9.59 Å². The van der Waals surface area contributed by atoms with E-state index >= 15 is 0 Å². The van der Waals surface area contributed by atoms with E-state index in [1.165, 1.54) is 0 Å². The zero-order chi connectivity index (χ0) is 23.8. The maximum Gasteiger partial charge on any atom is 0.258 e. The second kappa shape index (κ2) is 8.92. The average molecular weight is 453 g/mol. The van der Waals surface area contributed by atoms with Crippen LogP contribution in [0, 0.1) is 17.2 Å². The summed E-state index contributed by atoms with van der Waals surface area (Å²) in [7, 11) is 4.06. The second-order valence-electron chi connectivity index (χ2n) is 9.68. The number of nitriles is 1. The quantitative estimate of drug-likeness (QED) is 0.605. The molecular formula is C28H28N4O2. The van der Waals surface area contributed by atoms with E-state index in [2.05, 4.69) is 23.1 Å². The van der Waals surface area contributed by atoms with Crippen LogP contribution in [-0.4, -0.2) is 47.5 Å². The molecule has 1 fully saturated rings. The van der Waals surface area contributed by atoms with Crippen molar-refractivity contribution < 1.29 is 4.79 Å². The molecule has 0 saturated carbocycles. The molecule has 2 aliphatic rings. The monoisotopic (exact) mass is 452 g/mol. The number of fused-ring (bicyclic) bond motifs is 4. The Kier molecular flexibility index (Phi) is 5.80. The number of pyridine rings is 1. The van der Waals surface area contributed by atoms with E-state index in [4.69, 9.17) is 5.26 Å². The number of carbonyl (C=O) groups excluding carboxylic acids is 1. The highest BCUT2D eigenvalue weighted by atomic mass is 16.2. The Hall–Kier alpha value is -3.69. The van der Waals surface area contributed by atoms with Crippen molar-refractivity contribution in [3.05, 3.63) is 93.4 Å². The maximum atomic E-state index is 13.6. The lowest BCUT2D eigenvalue weighted by Gasteiger charge is -2.43. The maximum absolute atomic E-state index is 13.6. The summed E-state index contributed by atoms with van der Waals surface area (Å²) < 4.78 is 1.95. The first-order chi connectivity index (χ1) is 16.4. The molecule has 0 unspecified atom stereocenters. The molecule has 2 aromatic carbocycles. The fourth-order valence-corrected chi connectivity index (χ4v) is 5.45. The lowest BCUT2D eigenvalue weighted by molar-refractivity contribution is 0.0594. The van der Waals surface area contributed by atoms with Crippen LogP contribution in [0.2, 0.25) is 0 Å². The normalized spacial score (nSPS) is 18.9. The van der Waals surface area contributed by atoms with Gasteiger partial charge >= 0.3 is 0 Å². The molecular weight excluding hydrogens is 424 g/mol. The van der Waals surface area contributed by atoms with Gasteiger partial charge in [0.15, 0.2) is 0 Å². The Morgan fingerprint density at radius 1 is 1.00 bits per heavy atom. The third-order valence-electron chi connectivity index (χ3n) is 6.95. The number of rotatable bonds is 4. The van der Waals surface area contributed by atoms with Crippen LogP contribution in [0.4, 0.5) is 0 Å². The topological polar surface area (TPSA) is 69.3 Å². The van der Waals surface area contributed by atoms with Crippen LogP contribution in [0.25, 0.3) is 11.1 Å². The number of aromatic nitrogens is 1. The lowest BCUT2D eigenvalue weighted by Crippen LogP contribution is -2.49. The molecule has 2 bridgehead atoms. The average Bonchev–Trinajstić information content (AvgIpc) is 2.84. The third kappa shape index (κ3) is 4.04.